The Morgan fingerprint density at radius 3 is 2.13 bits per heavy atom. The number of aliphatic hydroxyl groups excluding tert-OH is 1. The zero-order valence-electron chi connectivity index (χ0n) is 13.8. The summed E-state index contributed by atoms with van der Waals surface area (Å²) in [5, 5.41) is 11.6. The van der Waals surface area contributed by atoms with Crippen molar-refractivity contribution in [1.82, 2.24) is 0 Å². The van der Waals surface area contributed by atoms with Gasteiger partial charge in [-0.1, -0.05) is 72.9 Å². The van der Waals surface area contributed by atoms with Crippen LogP contribution in [-0.4, -0.2) is 25.6 Å². The maximum absolute atomic E-state index is 11.5. The van der Waals surface area contributed by atoms with E-state index in [4.69, 9.17) is 5.11 Å². The van der Waals surface area contributed by atoms with Gasteiger partial charge in [-0.2, -0.15) is 0 Å². The summed E-state index contributed by atoms with van der Waals surface area (Å²) in [6, 6.07) is 18.1. The predicted molar refractivity (Wildman–Crippen MR) is 98.6 cm³/mol. The van der Waals surface area contributed by atoms with Crippen LogP contribution < -0.4 is 5.19 Å². The van der Waals surface area contributed by atoms with Gasteiger partial charge in [0.25, 0.3) is 0 Å². The van der Waals surface area contributed by atoms with Crippen molar-refractivity contribution in [2.75, 3.05) is 6.61 Å². The zero-order chi connectivity index (χ0) is 16.9. The fourth-order valence-electron chi connectivity index (χ4n) is 2.64. The fourth-order valence-corrected chi connectivity index (χ4v) is 5.31. The minimum Gasteiger partial charge on any atom is -0.392 e. The molecule has 118 valence electrons. The molecule has 0 unspecified atom stereocenters. The molecule has 1 N–H and O–H groups in total. The number of aliphatic hydroxyl groups is 1. The summed E-state index contributed by atoms with van der Waals surface area (Å²) in [5.74, 6) is 0.0625. The van der Waals surface area contributed by atoms with Gasteiger partial charge >= 0.3 is 0 Å². The highest BCUT2D eigenvalue weighted by Crippen LogP contribution is 2.25. The first kappa shape index (κ1) is 17.2. The Balaban J connectivity index is 2.54. The second kappa shape index (κ2) is 7.38. The highest BCUT2D eigenvalue weighted by molar-refractivity contribution is 7.04. The van der Waals surface area contributed by atoms with Crippen LogP contribution in [-0.2, 0) is 0 Å². The maximum atomic E-state index is 11.5. The van der Waals surface area contributed by atoms with Crippen molar-refractivity contribution in [3.8, 4) is 0 Å². The van der Waals surface area contributed by atoms with Crippen LogP contribution in [0, 0.1) is 0 Å². The molecule has 23 heavy (non-hydrogen) atoms. The van der Waals surface area contributed by atoms with Gasteiger partial charge in [-0.05, 0) is 23.8 Å². The largest absolute Gasteiger partial charge is 0.392 e. The van der Waals surface area contributed by atoms with E-state index in [1.807, 2.05) is 30.3 Å². The lowest BCUT2D eigenvalue weighted by molar-refractivity contribution is 0.101. The maximum Gasteiger partial charge on any atom is 0.159 e. The van der Waals surface area contributed by atoms with E-state index in [0.717, 1.165) is 10.8 Å². The van der Waals surface area contributed by atoms with Crippen molar-refractivity contribution in [3.63, 3.8) is 0 Å². The van der Waals surface area contributed by atoms with E-state index < -0.39 is 8.07 Å². The number of carbonyl (C=O) groups is 1. The molecule has 0 atom stereocenters. The second-order valence-corrected chi connectivity index (χ2v) is 10.4. The van der Waals surface area contributed by atoms with E-state index in [1.54, 1.807) is 13.0 Å². The average Bonchev–Trinajstić information content (AvgIpc) is 2.56. The molecule has 0 aromatic heterocycles. The molecule has 0 aliphatic carbocycles. The van der Waals surface area contributed by atoms with E-state index in [2.05, 4.69) is 43.1 Å². The molecule has 0 aliphatic rings. The lowest BCUT2D eigenvalue weighted by atomic mass is 10.1. The minimum atomic E-state index is -1.95. The fraction of sp³-hybridized carbons (Fsp3) is 0.200. The molecule has 2 aromatic carbocycles. The molecule has 3 heteroatoms. The van der Waals surface area contributed by atoms with Gasteiger partial charge in [0.1, 0.15) is 8.07 Å². The molecule has 0 bridgehead atoms. The van der Waals surface area contributed by atoms with E-state index in [9.17, 15) is 4.79 Å². The number of ketones is 1. The quantitative estimate of drug-likeness (QED) is 0.519. The van der Waals surface area contributed by atoms with E-state index >= 15 is 0 Å². The van der Waals surface area contributed by atoms with Gasteiger partial charge in [-0.25, -0.2) is 0 Å². The first-order valence-electron chi connectivity index (χ1n) is 7.70. The number of rotatable bonds is 5. The van der Waals surface area contributed by atoms with E-state index in [-0.39, 0.29) is 12.4 Å². The Bertz CT molecular complexity index is 737. The third kappa shape index (κ3) is 3.96. The van der Waals surface area contributed by atoms with Crippen LogP contribution in [0.1, 0.15) is 22.8 Å². The van der Waals surface area contributed by atoms with E-state index in [1.165, 1.54) is 5.19 Å². The zero-order valence-corrected chi connectivity index (χ0v) is 14.8. The van der Waals surface area contributed by atoms with Crippen LogP contribution in [0.3, 0.4) is 0 Å². The first-order chi connectivity index (χ1) is 11.0. The van der Waals surface area contributed by atoms with Gasteiger partial charge in [0.2, 0.25) is 0 Å². The second-order valence-electron chi connectivity index (χ2n) is 6.03. The molecule has 2 nitrogen and oxygen atoms in total. The molecule has 0 aliphatic heterocycles. The number of carbonyl (C=O) groups excluding carboxylic acids is 1. The monoisotopic (exact) mass is 322 g/mol. The number of benzene rings is 2. The molecule has 0 saturated carbocycles. The molecule has 0 amide bonds. The summed E-state index contributed by atoms with van der Waals surface area (Å²) in [7, 11) is -1.95. The van der Waals surface area contributed by atoms with Gasteiger partial charge in [-0.3, -0.25) is 4.79 Å². The molecule has 0 spiro atoms. The average molecular weight is 322 g/mol. The van der Waals surface area contributed by atoms with Gasteiger partial charge < -0.3 is 5.11 Å². The SMILES string of the molecule is CC(=O)c1ccc(C(=C=CCO)[Si](C)(C)c2ccccc2)cc1. The molecule has 2 rings (SSSR count). The van der Waals surface area contributed by atoms with Crippen molar-refractivity contribution >= 4 is 24.2 Å². The third-order valence-corrected chi connectivity index (χ3v) is 7.50. The first-order valence-corrected chi connectivity index (χ1v) is 10.7. The Labute approximate surface area is 138 Å². The number of Topliss-reactive ketones (excluding diaryl/α,β-unsaturated/α-hetero) is 1. The van der Waals surface area contributed by atoms with Gasteiger partial charge in [0.15, 0.2) is 5.78 Å². The number of hydrogen-bond donors (Lipinski definition) is 1. The van der Waals surface area contributed by atoms with Crippen molar-refractivity contribution in [1.29, 1.82) is 0 Å². The molecule has 2 aromatic rings. The van der Waals surface area contributed by atoms with Gasteiger partial charge in [0, 0.05) is 5.56 Å². The Kier molecular flexibility index (Phi) is 5.51. The minimum absolute atomic E-state index is 0.0334. The molecule has 0 fully saturated rings. The molecule has 0 radical (unpaired) electrons. The predicted octanol–water partition coefficient (Wildman–Crippen LogP) is 3.57. The summed E-state index contributed by atoms with van der Waals surface area (Å²) < 4.78 is 0. The van der Waals surface area contributed by atoms with Gasteiger partial charge in [0.05, 0.1) is 6.61 Å². The molecule has 0 saturated heterocycles. The van der Waals surface area contributed by atoms with Crippen LogP contribution in [0.15, 0.2) is 66.4 Å². The van der Waals surface area contributed by atoms with Crippen LogP contribution in [0.25, 0.3) is 5.20 Å². The van der Waals surface area contributed by atoms with Gasteiger partial charge in [-0.15, -0.1) is 5.73 Å². The van der Waals surface area contributed by atoms with Crippen LogP contribution >= 0.6 is 0 Å². The standard InChI is InChI=1S/C20H22O2Si/c1-16(22)17-11-13-18(14-12-17)20(10-7-15-21)23(2,3)19-8-5-4-6-9-19/h4-9,11-14,21H,15H2,1-3H3. The summed E-state index contributed by atoms with van der Waals surface area (Å²) in [5.41, 5.74) is 5.05. The molecular weight excluding hydrogens is 300 g/mol. The highest BCUT2D eigenvalue weighted by Gasteiger charge is 2.29. The summed E-state index contributed by atoms with van der Waals surface area (Å²) in [6.45, 7) is 6.08. The van der Waals surface area contributed by atoms with Crippen LogP contribution in [0.2, 0.25) is 13.1 Å². The summed E-state index contributed by atoms with van der Waals surface area (Å²) in [6.07, 6.45) is 1.66. The topological polar surface area (TPSA) is 37.3 Å². The van der Waals surface area contributed by atoms with Crippen molar-refractivity contribution in [3.05, 3.63) is 77.5 Å². The summed E-state index contributed by atoms with van der Waals surface area (Å²) in [4.78, 5) is 11.5. The van der Waals surface area contributed by atoms with Crippen molar-refractivity contribution in [2.45, 2.75) is 20.0 Å². The Hall–Kier alpha value is -2.19. The summed E-state index contributed by atoms with van der Waals surface area (Å²) >= 11 is 0. The Morgan fingerprint density at radius 2 is 1.61 bits per heavy atom. The molecular formula is C20H22O2Si. The number of hydrogen-bond acceptors (Lipinski definition) is 2. The third-order valence-electron chi connectivity index (χ3n) is 4.04. The van der Waals surface area contributed by atoms with Crippen LogP contribution in [0.4, 0.5) is 0 Å². The Morgan fingerprint density at radius 1 is 1.04 bits per heavy atom. The van der Waals surface area contributed by atoms with Crippen LogP contribution in [0.5, 0.6) is 0 Å². The van der Waals surface area contributed by atoms with E-state index in [0.29, 0.717) is 5.56 Å². The smallest absolute Gasteiger partial charge is 0.159 e. The lowest BCUT2D eigenvalue weighted by Gasteiger charge is -2.25. The van der Waals surface area contributed by atoms with Crippen molar-refractivity contribution < 1.29 is 9.90 Å². The van der Waals surface area contributed by atoms with Crippen molar-refractivity contribution in [2.24, 2.45) is 0 Å². The normalized spacial score (nSPS) is 10.8. The highest BCUT2D eigenvalue weighted by atomic mass is 28.3. The lowest BCUT2D eigenvalue weighted by Crippen LogP contribution is -2.42. The molecule has 0 heterocycles.